The first-order valence-electron chi connectivity index (χ1n) is 9.01. The first-order valence-corrected chi connectivity index (χ1v) is 10.9. The molecule has 0 fully saturated rings. The predicted octanol–water partition coefficient (Wildman–Crippen LogP) is 3.90. The summed E-state index contributed by atoms with van der Waals surface area (Å²) in [5.74, 6) is -0.853. The second-order valence-electron chi connectivity index (χ2n) is 5.77. The third-order valence-corrected chi connectivity index (χ3v) is 7.09. The number of benzene rings is 1. The smallest absolute Gasteiger partial charge is 0.374 e. The molecular formula is C19H30O5Si. The normalized spacial score (nSPS) is 12.8. The Morgan fingerprint density at radius 2 is 1.48 bits per heavy atom. The van der Waals surface area contributed by atoms with Gasteiger partial charge in [0.2, 0.25) is 0 Å². The Hall–Kier alpha value is -1.34. The molecule has 1 atom stereocenters. The van der Waals surface area contributed by atoms with Crippen molar-refractivity contribution in [1.29, 1.82) is 0 Å². The van der Waals surface area contributed by atoms with Crippen LogP contribution in [0.15, 0.2) is 30.3 Å². The third-order valence-electron chi connectivity index (χ3n) is 3.93. The number of rotatable bonds is 13. The second kappa shape index (κ2) is 11.3. The molecule has 0 N–H and O–H groups in total. The Morgan fingerprint density at radius 1 is 0.960 bits per heavy atom. The molecule has 0 saturated carbocycles. The van der Waals surface area contributed by atoms with Crippen molar-refractivity contribution in [3.05, 3.63) is 35.9 Å². The second-order valence-corrected chi connectivity index (χ2v) is 8.50. The van der Waals surface area contributed by atoms with E-state index in [-0.39, 0.29) is 11.6 Å². The van der Waals surface area contributed by atoms with Crippen molar-refractivity contribution in [2.24, 2.45) is 5.92 Å². The van der Waals surface area contributed by atoms with Gasteiger partial charge in [0.25, 0.3) is 0 Å². The van der Waals surface area contributed by atoms with Crippen LogP contribution in [-0.4, -0.2) is 40.2 Å². The quantitative estimate of drug-likeness (QED) is 0.301. The molecule has 0 aromatic heterocycles. The summed E-state index contributed by atoms with van der Waals surface area (Å²) in [6.45, 7) is 8.77. The fourth-order valence-electron chi connectivity index (χ4n) is 2.85. The summed E-state index contributed by atoms with van der Waals surface area (Å²) in [6.07, 6.45) is 1.13. The van der Waals surface area contributed by atoms with Gasteiger partial charge in [-0.3, -0.25) is 9.59 Å². The molecule has 0 radical (unpaired) electrons. The molecule has 140 valence electrons. The van der Waals surface area contributed by atoms with Gasteiger partial charge in [-0.2, -0.15) is 0 Å². The predicted molar refractivity (Wildman–Crippen MR) is 99.6 cm³/mol. The van der Waals surface area contributed by atoms with E-state index in [1.165, 1.54) is 6.92 Å². The van der Waals surface area contributed by atoms with Crippen molar-refractivity contribution in [2.75, 3.05) is 19.8 Å². The zero-order chi connectivity index (χ0) is 18.7. The van der Waals surface area contributed by atoms with Gasteiger partial charge in [0.05, 0.1) is 5.92 Å². The van der Waals surface area contributed by atoms with E-state index in [0.717, 1.165) is 0 Å². The Kier molecular flexibility index (Phi) is 9.81. The molecule has 6 heteroatoms. The molecule has 0 aliphatic heterocycles. The van der Waals surface area contributed by atoms with Gasteiger partial charge in [0.15, 0.2) is 5.78 Å². The minimum atomic E-state index is -2.73. The molecule has 0 spiro atoms. The van der Waals surface area contributed by atoms with Crippen molar-refractivity contribution in [3.63, 3.8) is 0 Å². The van der Waals surface area contributed by atoms with Gasteiger partial charge in [-0.25, -0.2) is 0 Å². The summed E-state index contributed by atoms with van der Waals surface area (Å²) in [7, 11) is -2.73. The molecule has 0 heterocycles. The lowest BCUT2D eigenvalue weighted by Gasteiger charge is -2.28. The highest BCUT2D eigenvalue weighted by molar-refractivity contribution is 6.60. The van der Waals surface area contributed by atoms with Crippen molar-refractivity contribution < 1.29 is 22.9 Å². The largest absolute Gasteiger partial charge is 0.500 e. The highest BCUT2D eigenvalue weighted by Crippen LogP contribution is 2.23. The van der Waals surface area contributed by atoms with Gasteiger partial charge in [-0.15, -0.1) is 0 Å². The standard InChI is InChI=1S/C19H30O5Si/c1-5-22-25(23-6-2,24-7-3)15-11-14-18(16(4)20)19(21)17-12-9-8-10-13-17/h8-10,12-13,18H,5-7,11,14-15H2,1-4H3. The number of hydrogen-bond acceptors (Lipinski definition) is 5. The molecule has 1 aromatic carbocycles. The van der Waals surface area contributed by atoms with Crippen LogP contribution in [0.3, 0.4) is 0 Å². The summed E-state index contributed by atoms with van der Waals surface area (Å²) in [6, 6.07) is 9.57. The summed E-state index contributed by atoms with van der Waals surface area (Å²) in [5.41, 5.74) is 0.575. The molecule has 1 unspecified atom stereocenters. The zero-order valence-corrected chi connectivity index (χ0v) is 16.7. The molecule has 1 aromatic rings. The number of Topliss-reactive ketones (excluding diaryl/α,β-unsaturated/α-hetero) is 2. The first kappa shape index (κ1) is 21.7. The Labute approximate surface area is 152 Å². The van der Waals surface area contributed by atoms with Crippen LogP contribution < -0.4 is 0 Å². The van der Waals surface area contributed by atoms with E-state index in [4.69, 9.17) is 13.3 Å². The van der Waals surface area contributed by atoms with Gasteiger partial charge in [0, 0.05) is 31.4 Å². The average Bonchev–Trinajstić information content (AvgIpc) is 2.59. The van der Waals surface area contributed by atoms with Crippen LogP contribution in [0.25, 0.3) is 0 Å². The van der Waals surface area contributed by atoms with Gasteiger partial charge in [-0.05, 0) is 40.5 Å². The Morgan fingerprint density at radius 3 is 1.92 bits per heavy atom. The average molecular weight is 367 g/mol. The maximum Gasteiger partial charge on any atom is 0.500 e. The minimum Gasteiger partial charge on any atom is -0.374 e. The molecule has 0 bridgehead atoms. The Bertz CT molecular complexity index is 515. The summed E-state index contributed by atoms with van der Waals surface area (Å²) in [5, 5.41) is 0. The fraction of sp³-hybridized carbons (Fsp3) is 0.579. The van der Waals surface area contributed by atoms with Gasteiger partial charge in [-0.1, -0.05) is 30.3 Å². The van der Waals surface area contributed by atoms with Crippen molar-refractivity contribution >= 4 is 20.4 Å². The highest BCUT2D eigenvalue weighted by Gasteiger charge is 2.40. The maximum atomic E-state index is 12.6. The van der Waals surface area contributed by atoms with E-state index in [1.54, 1.807) is 12.1 Å². The fourth-order valence-corrected chi connectivity index (χ4v) is 5.49. The van der Waals surface area contributed by atoms with Crippen molar-refractivity contribution in [1.82, 2.24) is 0 Å². The third kappa shape index (κ3) is 6.82. The zero-order valence-electron chi connectivity index (χ0n) is 15.7. The molecular weight excluding hydrogens is 336 g/mol. The van der Waals surface area contributed by atoms with E-state index < -0.39 is 14.7 Å². The minimum absolute atomic E-state index is 0.106. The molecule has 0 amide bonds. The van der Waals surface area contributed by atoms with Crippen LogP contribution in [0.1, 0.15) is 50.9 Å². The lowest BCUT2D eigenvalue weighted by atomic mass is 9.90. The molecule has 1 rings (SSSR count). The molecule has 5 nitrogen and oxygen atoms in total. The van der Waals surface area contributed by atoms with Crippen LogP contribution in [-0.2, 0) is 18.1 Å². The lowest BCUT2D eigenvalue weighted by molar-refractivity contribution is -0.119. The molecule has 25 heavy (non-hydrogen) atoms. The summed E-state index contributed by atoms with van der Waals surface area (Å²) >= 11 is 0. The van der Waals surface area contributed by atoms with Gasteiger partial charge >= 0.3 is 8.80 Å². The molecule has 0 saturated heterocycles. The first-order chi connectivity index (χ1) is 12.0. The number of ketones is 2. The van der Waals surface area contributed by atoms with E-state index in [1.807, 2.05) is 39.0 Å². The van der Waals surface area contributed by atoms with Gasteiger partial charge in [0.1, 0.15) is 5.78 Å². The van der Waals surface area contributed by atoms with Crippen LogP contribution in [0.2, 0.25) is 6.04 Å². The summed E-state index contributed by atoms with van der Waals surface area (Å²) in [4.78, 5) is 24.6. The van der Waals surface area contributed by atoms with Crippen LogP contribution in [0.5, 0.6) is 0 Å². The topological polar surface area (TPSA) is 61.8 Å². The van der Waals surface area contributed by atoms with Gasteiger partial charge < -0.3 is 13.3 Å². The summed E-state index contributed by atoms with van der Waals surface area (Å²) < 4.78 is 17.5. The number of hydrogen-bond donors (Lipinski definition) is 0. The monoisotopic (exact) mass is 366 g/mol. The van der Waals surface area contributed by atoms with Crippen LogP contribution in [0, 0.1) is 5.92 Å². The molecule has 0 aliphatic carbocycles. The Balaban J connectivity index is 2.76. The van der Waals surface area contributed by atoms with E-state index >= 15 is 0 Å². The van der Waals surface area contributed by atoms with Crippen molar-refractivity contribution in [2.45, 2.75) is 46.6 Å². The number of carbonyl (C=O) groups excluding carboxylic acids is 2. The van der Waals surface area contributed by atoms with Crippen molar-refractivity contribution in [3.8, 4) is 0 Å². The van der Waals surface area contributed by atoms with E-state index in [0.29, 0.717) is 44.3 Å². The van der Waals surface area contributed by atoms with E-state index in [2.05, 4.69) is 0 Å². The lowest BCUT2D eigenvalue weighted by Crippen LogP contribution is -2.46. The van der Waals surface area contributed by atoms with Crippen LogP contribution >= 0.6 is 0 Å². The van der Waals surface area contributed by atoms with E-state index in [9.17, 15) is 9.59 Å². The maximum absolute atomic E-state index is 12.6. The highest BCUT2D eigenvalue weighted by atomic mass is 28.4. The SMILES string of the molecule is CCO[Si](CCCC(C(C)=O)C(=O)c1ccccc1)(OCC)OCC. The van der Waals surface area contributed by atoms with Crippen LogP contribution in [0.4, 0.5) is 0 Å². The number of carbonyl (C=O) groups is 2. The molecule has 0 aliphatic rings.